The molecule has 3 nitrogen and oxygen atoms in total. The predicted molar refractivity (Wildman–Crippen MR) is 220 cm³/mol. The van der Waals surface area contributed by atoms with Crippen molar-refractivity contribution in [2.24, 2.45) is 0 Å². The van der Waals surface area contributed by atoms with Gasteiger partial charge in [0.1, 0.15) is 27.9 Å². The van der Waals surface area contributed by atoms with Crippen LogP contribution in [0.15, 0.2) is 183 Å². The van der Waals surface area contributed by atoms with Crippen LogP contribution in [0.3, 0.4) is 0 Å². The van der Waals surface area contributed by atoms with Crippen molar-refractivity contribution < 1.29 is 13.3 Å². The van der Waals surface area contributed by atoms with E-state index < -0.39 is 0 Å². The zero-order valence-electron chi connectivity index (χ0n) is 28.4. The standard InChI is InChI=1S/C50H28O3/c1-2-11-30-24-31(21-20-29(30)10-1)43-28-51-45-26-41-34-23-22-32(25-46(34)52-47(41)27-42(43)45)48-35-13-3-5-15-37(35)49(38-16-6-4-14-36(38)48)40-18-9-17-39-33-12-7-8-19-44(33)53-50(39)40/h1-28H. The number of para-hydroxylation sites is 2. The molecule has 246 valence electrons. The zero-order chi connectivity index (χ0) is 34.6. The van der Waals surface area contributed by atoms with Crippen molar-refractivity contribution in [1.29, 1.82) is 0 Å². The predicted octanol–water partition coefficient (Wildman–Crippen LogP) is 14.7. The van der Waals surface area contributed by atoms with Gasteiger partial charge in [-0.3, -0.25) is 0 Å². The van der Waals surface area contributed by atoms with E-state index in [2.05, 4.69) is 152 Å². The smallest absolute Gasteiger partial charge is 0.143 e. The Kier molecular flexibility index (Phi) is 5.77. The Bertz CT molecular complexity index is 3410. The summed E-state index contributed by atoms with van der Waals surface area (Å²) in [4.78, 5) is 0. The third-order valence-electron chi connectivity index (χ3n) is 11.1. The summed E-state index contributed by atoms with van der Waals surface area (Å²) in [5.74, 6) is 0. The Hall–Kier alpha value is -7.10. The maximum atomic E-state index is 6.69. The third-order valence-corrected chi connectivity index (χ3v) is 11.1. The summed E-state index contributed by atoms with van der Waals surface area (Å²) in [6.07, 6.45) is 1.86. The highest BCUT2D eigenvalue weighted by atomic mass is 16.3. The van der Waals surface area contributed by atoms with Gasteiger partial charge in [-0.15, -0.1) is 0 Å². The maximum Gasteiger partial charge on any atom is 0.143 e. The molecule has 0 atom stereocenters. The molecule has 0 aliphatic carbocycles. The molecule has 3 aromatic heterocycles. The molecule has 0 unspecified atom stereocenters. The molecule has 0 aliphatic rings. The first kappa shape index (κ1) is 28.6. The molecule has 0 saturated heterocycles. The highest BCUT2D eigenvalue weighted by Crippen LogP contribution is 2.47. The molecule has 3 heterocycles. The number of benzene rings is 9. The second kappa shape index (κ2) is 10.7. The van der Waals surface area contributed by atoms with E-state index >= 15 is 0 Å². The average molecular weight is 677 g/mol. The van der Waals surface area contributed by atoms with Gasteiger partial charge in [-0.25, -0.2) is 0 Å². The lowest BCUT2D eigenvalue weighted by atomic mass is 9.85. The number of hydrogen-bond acceptors (Lipinski definition) is 3. The van der Waals surface area contributed by atoms with E-state index in [0.717, 1.165) is 77.1 Å². The summed E-state index contributed by atoms with van der Waals surface area (Å²) in [5, 5.41) is 12.6. The second-order valence-electron chi connectivity index (χ2n) is 14.0. The largest absolute Gasteiger partial charge is 0.464 e. The lowest BCUT2D eigenvalue weighted by molar-refractivity contribution is 0.617. The average Bonchev–Trinajstić information content (AvgIpc) is 3.91. The fourth-order valence-electron chi connectivity index (χ4n) is 8.71. The summed E-state index contributed by atoms with van der Waals surface area (Å²) in [6, 6.07) is 58.2. The van der Waals surface area contributed by atoms with Crippen LogP contribution in [-0.2, 0) is 0 Å². The molecule has 3 heteroatoms. The van der Waals surface area contributed by atoms with Gasteiger partial charge >= 0.3 is 0 Å². The fourth-order valence-corrected chi connectivity index (χ4v) is 8.71. The topological polar surface area (TPSA) is 39.4 Å². The van der Waals surface area contributed by atoms with E-state index in [1.807, 2.05) is 18.4 Å². The molecule has 0 spiro atoms. The molecule has 0 fully saturated rings. The molecule has 9 aromatic carbocycles. The van der Waals surface area contributed by atoms with Crippen LogP contribution in [0.25, 0.3) is 121 Å². The summed E-state index contributed by atoms with van der Waals surface area (Å²) in [7, 11) is 0. The van der Waals surface area contributed by atoms with E-state index in [4.69, 9.17) is 13.3 Å². The summed E-state index contributed by atoms with van der Waals surface area (Å²) in [6.45, 7) is 0. The number of furan rings is 3. The van der Waals surface area contributed by atoms with Crippen LogP contribution in [0, 0.1) is 0 Å². The van der Waals surface area contributed by atoms with Crippen LogP contribution < -0.4 is 0 Å². The van der Waals surface area contributed by atoms with E-state index in [0.29, 0.717) is 0 Å². The van der Waals surface area contributed by atoms with Crippen molar-refractivity contribution in [1.82, 2.24) is 0 Å². The lowest BCUT2D eigenvalue weighted by Crippen LogP contribution is -1.91. The Morgan fingerprint density at radius 2 is 0.925 bits per heavy atom. The summed E-state index contributed by atoms with van der Waals surface area (Å²) in [5.41, 5.74) is 11.1. The minimum atomic E-state index is 0.845. The maximum absolute atomic E-state index is 6.69. The minimum Gasteiger partial charge on any atom is -0.464 e. The van der Waals surface area contributed by atoms with E-state index in [1.54, 1.807) is 0 Å². The summed E-state index contributed by atoms with van der Waals surface area (Å²) >= 11 is 0. The van der Waals surface area contributed by atoms with Crippen LogP contribution in [0.4, 0.5) is 0 Å². The number of rotatable bonds is 3. The first-order valence-corrected chi connectivity index (χ1v) is 18.0. The van der Waals surface area contributed by atoms with Crippen LogP contribution in [0.1, 0.15) is 0 Å². The van der Waals surface area contributed by atoms with Gasteiger partial charge in [0.05, 0.1) is 6.26 Å². The highest BCUT2D eigenvalue weighted by molar-refractivity contribution is 6.25. The van der Waals surface area contributed by atoms with E-state index in [9.17, 15) is 0 Å². The molecule has 0 radical (unpaired) electrons. The van der Waals surface area contributed by atoms with Gasteiger partial charge in [0, 0.05) is 43.6 Å². The number of fused-ring (bicyclic) bond motifs is 10. The van der Waals surface area contributed by atoms with E-state index in [1.165, 1.54) is 43.4 Å². The molecule has 12 rings (SSSR count). The quantitative estimate of drug-likeness (QED) is 0.175. The zero-order valence-corrected chi connectivity index (χ0v) is 28.4. The SMILES string of the molecule is c1ccc2cc(-c3coc4cc5c(cc34)oc3cc(-c4c6ccccc6c(-c6cccc7c6oc6ccccc67)c6ccccc46)ccc35)ccc2c1. The van der Waals surface area contributed by atoms with Crippen LogP contribution >= 0.6 is 0 Å². The van der Waals surface area contributed by atoms with E-state index in [-0.39, 0.29) is 0 Å². The van der Waals surface area contributed by atoms with Crippen molar-refractivity contribution in [3.05, 3.63) is 170 Å². The van der Waals surface area contributed by atoms with Crippen molar-refractivity contribution in [3.63, 3.8) is 0 Å². The van der Waals surface area contributed by atoms with Gasteiger partial charge in [-0.05, 0) is 85.4 Å². The van der Waals surface area contributed by atoms with Gasteiger partial charge < -0.3 is 13.3 Å². The van der Waals surface area contributed by atoms with Crippen LogP contribution in [0.5, 0.6) is 0 Å². The molecular weight excluding hydrogens is 649 g/mol. The first-order valence-electron chi connectivity index (χ1n) is 18.0. The minimum absolute atomic E-state index is 0.845. The fraction of sp³-hybridized carbons (Fsp3) is 0. The molecular formula is C50H28O3. The molecule has 53 heavy (non-hydrogen) atoms. The molecule has 12 aromatic rings. The van der Waals surface area contributed by atoms with Crippen molar-refractivity contribution in [2.45, 2.75) is 0 Å². The van der Waals surface area contributed by atoms with Crippen molar-refractivity contribution in [3.8, 4) is 33.4 Å². The Balaban J connectivity index is 1.06. The van der Waals surface area contributed by atoms with Crippen molar-refractivity contribution >= 4 is 87.2 Å². The van der Waals surface area contributed by atoms with Crippen LogP contribution in [0.2, 0.25) is 0 Å². The first-order chi connectivity index (χ1) is 26.3. The van der Waals surface area contributed by atoms with Crippen molar-refractivity contribution in [2.75, 3.05) is 0 Å². The normalized spacial score (nSPS) is 12.2. The number of hydrogen-bond donors (Lipinski definition) is 0. The van der Waals surface area contributed by atoms with Gasteiger partial charge in [0.2, 0.25) is 0 Å². The lowest BCUT2D eigenvalue weighted by Gasteiger charge is -2.17. The Labute approximate surface area is 302 Å². The Morgan fingerprint density at radius 3 is 1.74 bits per heavy atom. The van der Waals surface area contributed by atoms with Gasteiger partial charge in [0.25, 0.3) is 0 Å². The van der Waals surface area contributed by atoms with Crippen LogP contribution in [-0.4, -0.2) is 0 Å². The third kappa shape index (κ3) is 4.10. The van der Waals surface area contributed by atoms with Gasteiger partial charge in [-0.2, -0.15) is 0 Å². The molecule has 0 saturated carbocycles. The Morgan fingerprint density at radius 1 is 0.302 bits per heavy atom. The molecule has 0 aliphatic heterocycles. The summed E-state index contributed by atoms with van der Waals surface area (Å²) < 4.78 is 19.4. The molecule has 0 amide bonds. The van der Waals surface area contributed by atoms with Gasteiger partial charge in [0.15, 0.2) is 0 Å². The van der Waals surface area contributed by atoms with Gasteiger partial charge in [-0.1, -0.05) is 127 Å². The molecule has 0 N–H and O–H groups in total. The molecule has 0 bridgehead atoms. The highest BCUT2D eigenvalue weighted by Gasteiger charge is 2.21. The monoisotopic (exact) mass is 676 g/mol. The second-order valence-corrected chi connectivity index (χ2v) is 14.0.